The third-order valence-electron chi connectivity index (χ3n) is 3.99. The van der Waals surface area contributed by atoms with Crippen LogP contribution in [0.2, 0.25) is 43.4 Å². The second-order valence-corrected chi connectivity index (χ2v) is 16.8. The van der Waals surface area contributed by atoms with E-state index in [-0.39, 0.29) is 0 Å². The molecule has 0 spiro atoms. The summed E-state index contributed by atoms with van der Waals surface area (Å²) in [6.45, 7) is 12.9. The van der Waals surface area contributed by atoms with Crippen LogP contribution in [-0.2, 0) is 0 Å². The smallest absolute Gasteiger partial charge is 0.0475 e. The SMILES string of the molecule is CC1[Si](C)(C)CCC[Si]1(C)C. The molecular weight excluding hydrogens is 164 g/mol. The molecule has 0 aromatic carbocycles. The molecular formula is C9H22Si2. The summed E-state index contributed by atoms with van der Waals surface area (Å²) in [7, 11) is -1.54. The maximum atomic E-state index is 2.59. The maximum absolute atomic E-state index is 2.59. The molecule has 1 saturated heterocycles. The molecule has 0 atom stereocenters. The fourth-order valence-electron chi connectivity index (χ4n) is 2.49. The Morgan fingerprint density at radius 2 is 1.27 bits per heavy atom. The van der Waals surface area contributed by atoms with Gasteiger partial charge in [-0.05, 0) is 0 Å². The lowest BCUT2D eigenvalue weighted by Crippen LogP contribution is -2.49. The van der Waals surface area contributed by atoms with E-state index in [0.717, 1.165) is 5.16 Å². The van der Waals surface area contributed by atoms with Gasteiger partial charge in [-0.2, -0.15) is 0 Å². The highest BCUT2D eigenvalue weighted by molar-refractivity contribution is 6.98. The van der Waals surface area contributed by atoms with E-state index in [0.29, 0.717) is 0 Å². The first-order valence-corrected chi connectivity index (χ1v) is 11.4. The Hall–Kier alpha value is 0.434. The van der Waals surface area contributed by atoms with E-state index in [9.17, 15) is 0 Å². The van der Waals surface area contributed by atoms with Crippen LogP contribution in [0.3, 0.4) is 0 Å². The molecule has 2 heteroatoms. The molecule has 0 radical (unpaired) electrons. The van der Waals surface area contributed by atoms with Crippen LogP contribution in [0.25, 0.3) is 0 Å². The molecule has 0 saturated carbocycles. The van der Waals surface area contributed by atoms with E-state index in [4.69, 9.17) is 0 Å². The molecule has 0 aromatic heterocycles. The minimum Gasteiger partial charge on any atom is -0.0694 e. The first kappa shape index (κ1) is 9.52. The zero-order chi connectivity index (χ0) is 8.70. The first-order valence-electron chi connectivity index (χ1n) is 4.86. The minimum atomic E-state index is -0.768. The van der Waals surface area contributed by atoms with Gasteiger partial charge in [-0.3, -0.25) is 0 Å². The molecule has 0 amide bonds. The molecule has 0 aromatic rings. The third-order valence-corrected chi connectivity index (χ3v) is 16.6. The number of rotatable bonds is 0. The van der Waals surface area contributed by atoms with Crippen molar-refractivity contribution < 1.29 is 0 Å². The summed E-state index contributed by atoms with van der Waals surface area (Å²) < 4.78 is 0. The Balaban J connectivity index is 2.76. The normalized spacial score (nSPS) is 30.3. The Labute approximate surface area is 73.4 Å². The Morgan fingerprint density at radius 3 is 1.55 bits per heavy atom. The van der Waals surface area contributed by atoms with Crippen LogP contribution in [0.5, 0.6) is 0 Å². The van der Waals surface area contributed by atoms with Crippen molar-refractivity contribution in [2.75, 3.05) is 0 Å². The number of hydrogen-bond donors (Lipinski definition) is 0. The summed E-state index contributed by atoms with van der Waals surface area (Å²) in [5.74, 6) is 0. The molecule has 66 valence electrons. The molecule has 0 unspecified atom stereocenters. The molecule has 0 bridgehead atoms. The second-order valence-electron chi connectivity index (χ2n) is 5.55. The van der Waals surface area contributed by atoms with Crippen LogP contribution in [0, 0.1) is 0 Å². The van der Waals surface area contributed by atoms with E-state index in [1.807, 2.05) is 0 Å². The van der Waals surface area contributed by atoms with Gasteiger partial charge in [0, 0.05) is 16.1 Å². The average Bonchev–Trinajstić information content (AvgIpc) is 1.82. The summed E-state index contributed by atoms with van der Waals surface area (Å²) in [5.41, 5.74) is 0. The molecule has 11 heavy (non-hydrogen) atoms. The lowest BCUT2D eigenvalue weighted by Gasteiger charge is -2.45. The molecule has 1 fully saturated rings. The molecule has 0 N–H and O–H groups in total. The highest BCUT2D eigenvalue weighted by atomic mass is 28.4. The van der Waals surface area contributed by atoms with E-state index in [1.165, 1.54) is 0 Å². The van der Waals surface area contributed by atoms with Crippen molar-refractivity contribution in [1.82, 2.24) is 0 Å². The van der Waals surface area contributed by atoms with Gasteiger partial charge in [-0.1, -0.05) is 56.8 Å². The summed E-state index contributed by atoms with van der Waals surface area (Å²) >= 11 is 0. The van der Waals surface area contributed by atoms with Crippen molar-refractivity contribution in [2.24, 2.45) is 0 Å². The third kappa shape index (κ3) is 1.78. The molecule has 1 rings (SSSR count). The van der Waals surface area contributed by atoms with Crippen molar-refractivity contribution in [1.29, 1.82) is 0 Å². The standard InChI is InChI=1S/C9H22Si2/c1-9-10(2,3)7-6-8-11(9,4)5/h9H,6-8H2,1-5H3. The van der Waals surface area contributed by atoms with Crippen LogP contribution >= 0.6 is 0 Å². The molecule has 0 nitrogen and oxygen atoms in total. The Kier molecular flexibility index (Phi) is 2.37. The predicted octanol–water partition coefficient (Wildman–Crippen LogP) is 3.74. The summed E-state index contributed by atoms with van der Waals surface area (Å²) in [5, 5.41) is 1.14. The zero-order valence-electron chi connectivity index (χ0n) is 8.70. The topological polar surface area (TPSA) is 0 Å². The van der Waals surface area contributed by atoms with Crippen molar-refractivity contribution in [3.05, 3.63) is 0 Å². The Bertz CT molecular complexity index is 134. The van der Waals surface area contributed by atoms with Crippen LogP contribution < -0.4 is 0 Å². The summed E-state index contributed by atoms with van der Waals surface area (Å²) in [6.07, 6.45) is 1.54. The largest absolute Gasteiger partial charge is 0.0694 e. The fourth-order valence-corrected chi connectivity index (χ4v) is 15.2. The zero-order valence-corrected chi connectivity index (χ0v) is 10.7. The van der Waals surface area contributed by atoms with Gasteiger partial charge in [0.15, 0.2) is 0 Å². The van der Waals surface area contributed by atoms with Gasteiger partial charge in [-0.25, -0.2) is 0 Å². The van der Waals surface area contributed by atoms with Crippen LogP contribution in [0.1, 0.15) is 13.3 Å². The van der Waals surface area contributed by atoms with Gasteiger partial charge in [0.2, 0.25) is 0 Å². The highest BCUT2D eigenvalue weighted by Crippen LogP contribution is 2.42. The summed E-state index contributed by atoms with van der Waals surface area (Å²) in [6, 6.07) is 3.18. The number of hydrogen-bond acceptors (Lipinski definition) is 0. The fraction of sp³-hybridized carbons (Fsp3) is 1.00. The molecule has 0 aliphatic carbocycles. The van der Waals surface area contributed by atoms with E-state index < -0.39 is 16.1 Å². The van der Waals surface area contributed by atoms with Crippen LogP contribution in [0.15, 0.2) is 0 Å². The predicted molar refractivity (Wildman–Crippen MR) is 58.6 cm³/mol. The van der Waals surface area contributed by atoms with Gasteiger partial charge in [-0.15, -0.1) is 0 Å². The van der Waals surface area contributed by atoms with E-state index in [2.05, 4.69) is 33.1 Å². The van der Waals surface area contributed by atoms with Crippen molar-refractivity contribution in [2.45, 2.75) is 56.8 Å². The van der Waals surface area contributed by atoms with Gasteiger partial charge in [0.05, 0.1) is 0 Å². The molecule has 1 heterocycles. The highest BCUT2D eigenvalue weighted by Gasteiger charge is 2.42. The van der Waals surface area contributed by atoms with Gasteiger partial charge < -0.3 is 0 Å². The Morgan fingerprint density at radius 1 is 0.909 bits per heavy atom. The first-order chi connectivity index (χ1) is 4.86. The van der Waals surface area contributed by atoms with Crippen molar-refractivity contribution in [3.63, 3.8) is 0 Å². The van der Waals surface area contributed by atoms with Gasteiger partial charge in [0.25, 0.3) is 0 Å². The van der Waals surface area contributed by atoms with Crippen LogP contribution in [-0.4, -0.2) is 16.1 Å². The molecule has 1 aliphatic heterocycles. The lowest BCUT2D eigenvalue weighted by molar-refractivity contribution is 0.920. The molecule has 1 aliphatic rings. The maximum Gasteiger partial charge on any atom is 0.0475 e. The van der Waals surface area contributed by atoms with Gasteiger partial charge in [0.1, 0.15) is 0 Å². The summed E-state index contributed by atoms with van der Waals surface area (Å²) in [4.78, 5) is 0. The van der Waals surface area contributed by atoms with Gasteiger partial charge >= 0.3 is 0 Å². The van der Waals surface area contributed by atoms with Crippen molar-refractivity contribution >= 4 is 16.1 Å². The quantitative estimate of drug-likeness (QED) is 0.506. The van der Waals surface area contributed by atoms with Crippen LogP contribution in [0.4, 0.5) is 0 Å². The minimum absolute atomic E-state index is 0.768. The van der Waals surface area contributed by atoms with Crippen molar-refractivity contribution in [3.8, 4) is 0 Å². The average molecular weight is 186 g/mol. The van der Waals surface area contributed by atoms with E-state index in [1.54, 1.807) is 18.5 Å². The lowest BCUT2D eigenvalue weighted by atomic mass is 10.6. The second kappa shape index (κ2) is 2.73. The monoisotopic (exact) mass is 186 g/mol. The van der Waals surface area contributed by atoms with E-state index >= 15 is 0 Å².